The minimum absolute atomic E-state index is 0.400. The molecule has 0 aromatic heterocycles. The lowest BCUT2D eigenvalue weighted by atomic mass is 9.95. The van der Waals surface area contributed by atoms with Gasteiger partial charge in [0.15, 0.2) is 24.5 Å². The highest BCUT2D eigenvalue weighted by atomic mass is 35.5. The molecule has 11 heteroatoms. The van der Waals surface area contributed by atoms with E-state index in [1.807, 2.05) is 29.2 Å². The van der Waals surface area contributed by atoms with Crippen molar-refractivity contribution in [2.75, 3.05) is 18.1 Å². The molecule has 1 aromatic rings. The SMILES string of the molecule is CC(=O)OC[C@H]1O[C@@H](N2CCc3ccccc32)[C@H](OC(C)=O)[C@@H](OC(C)=O)[C@@]1(Cl)OC(C)=O. The lowest BCUT2D eigenvalue weighted by molar-refractivity contribution is -0.265. The van der Waals surface area contributed by atoms with E-state index in [1.165, 1.54) is 13.8 Å². The average molecular weight is 484 g/mol. The van der Waals surface area contributed by atoms with Gasteiger partial charge in [0, 0.05) is 39.9 Å². The maximum atomic E-state index is 12.0. The molecule has 0 radical (unpaired) electrons. The number of hydrogen-bond acceptors (Lipinski definition) is 10. The van der Waals surface area contributed by atoms with Crippen LogP contribution in [0.1, 0.15) is 33.3 Å². The number of fused-ring (bicyclic) bond motifs is 1. The monoisotopic (exact) mass is 483 g/mol. The molecular formula is C22H26ClNO9. The molecule has 0 amide bonds. The van der Waals surface area contributed by atoms with Crippen LogP contribution in [0.25, 0.3) is 0 Å². The third-order valence-electron chi connectivity index (χ3n) is 5.27. The number of ether oxygens (including phenoxy) is 5. The second kappa shape index (κ2) is 9.96. The third kappa shape index (κ3) is 5.39. The molecule has 0 saturated carbocycles. The normalized spacial score (nSPS) is 28.5. The summed E-state index contributed by atoms with van der Waals surface area (Å²) in [5, 5.41) is -2.14. The molecule has 1 aromatic carbocycles. The van der Waals surface area contributed by atoms with Crippen molar-refractivity contribution in [3.8, 4) is 0 Å². The molecule has 0 unspecified atom stereocenters. The molecule has 0 aliphatic carbocycles. The first-order valence-corrected chi connectivity index (χ1v) is 10.8. The van der Waals surface area contributed by atoms with Crippen molar-refractivity contribution in [1.82, 2.24) is 0 Å². The first-order chi connectivity index (χ1) is 15.5. The Morgan fingerprint density at radius 2 is 1.70 bits per heavy atom. The molecule has 10 nitrogen and oxygen atoms in total. The van der Waals surface area contributed by atoms with Crippen LogP contribution in [-0.4, -0.2) is 66.6 Å². The number of esters is 4. The van der Waals surface area contributed by atoms with Gasteiger partial charge in [-0.05, 0) is 18.1 Å². The van der Waals surface area contributed by atoms with Crippen molar-refractivity contribution in [2.24, 2.45) is 0 Å². The Balaban J connectivity index is 2.10. The molecule has 33 heavy (non-hydrogen) atoms. The number of nitrogens with zero attached hydrogens (tertiary/aromatic N) is 1. The van der Waals surface area contributed by atoms with Gasteiger partial charge in [0.1, 0.15) is 6.61 Å². The van der Waals surface area contributed by atoms with Crippen LogP contribution in [0.3, 0.4) is 0 Å². The molecule has 0 spiro atoms. The summed E-state index contributed by atoms with van der Waals surface area (Å²) >= 11 is 6.73. The number of anilines is 1. The third-order valence-corrected chi connectivity index (χ3v) is 5.81. The number of carbonyl (C=O) groups is 4. The Morgan fingerprint density at radius 3 is 2.30 bits per heavy atom. The lowest BCUT2D eigenvalue weighted by Crippen LogP contribution is -2.70. The fraction of sp³-hybridized carbons (Fsp3) is 0.545. The summed E-state index contributed by atoms with van der Waals surface area (Å²) in [6.07, 6.45) is -4.25. The Bertz CT molecular complexity index is 938. The van der Waals surface area contributed by atoms with Gasteiger partial charge in [-0.25, -0.2) is 0 Å². The van der Waals surface area contributed by atoms with E-state index in [2.05, 4.69) is 0 Å². The van der Waals surface area contributed by atoms with Gasteiger partial charge in [-0.2, -0.15) is 0 Å². The predicted octanol–water partition coefficient (Wildman–Crippen LogP) is 1.70. The van der Waals surface area contributed by atoms with E-state index in [0.717, 1.165) is 25.1 Å². The molecule has 2 aliphatic rings. The zero-order valence-electron chi connectivity index (χ0n) is 18.7. The summed E-state index contributed by atoms with van der Waals surface area (Å²) in [5.74, 6) is -2.85. The van der Waals surface area contributed by atoms with Gasteiger partial charge in [-0.15, -0.1) is 0 Å². The van der Waals surface area contributed by atoms with E-state index in [1.54, 1.807) is 0 Å². The van der Waals surface area contributed by atoms with Crippen molar-refractivity contribution < 1.29 is 42.9 Å². The quantitative estimate of drug-likeness (QED) is 0.336. The van der Waals surface area contributed by atoms with Crippen LogP contribution in [0.15, 0.2) is 24.3 Å². The van der Waals surface area contributed by atoms with Crippen molar-refractivity contribution >= 4 is 41.2 Å². The Morgan fingerprint density at radius 1 is 1.03 bits per heavy atom. The molecule has 1 saturated heterocycles. The molecule has 1 fully saturated rings. The van der Waals surface area contributed by atoms with Gasteiger partial charge < -0.3 is 28.6 Å². The Kier molecular flexibility index (Phi) is 7.48. The van der Waals surface area contributed by atoms with Crippen molar-refractivity contribution in [1.29, 1.82) is 0 Å². The molecule has 2 aliphatic heterocycles. The van der Waals surface area contributed by atoms with Gasteiger partial charge in [-0.1, -0.05) is 29.8 Å². The summed E-state index contributed by atoms with van der Waals surface area (Å²) in [6.45, 7) is 4.75. The van der Waals surface area contributed by atoms with Gasteiger partial charge in [0.25, 0.3) is 5.06 Å². The molecule has 0 N–H and O–H groups in total. The molecule has 0 bridgehead atoms. The summed E-state index contributed by atoms with van der Waals surface area (Å²) in [7, 11) is 0. The maximum Gasteiger partial charge on any atom is 0.304 e. The number of para-hydroxylation sites is 1. The summed E-state index contributed by atoms with van der Waals surface area (Å²) in [5.41, 5.74) is 1.88. The number of alkyl halides is 1. The van der Waals surface area contributed by atoms with E-state index in [9.17, 15) is 19.2 Å². The fourth-order valence-corrected chi connectivity index (χ4v) is 4.49. The predicted molar refractivity (Wildman–Crippen MR) is 114 cm³/mol. The second-order valence-corrected chi connectivity index (χ2v) is 8.38. The van der Waals surface area contributed by atoms with Gasteiger partial charge in [0.2, 0.25) is 0 Å². The highest BCUT2D eigenvalue weighted by molar-refractivity contribution is 6.24. The summed E-state index contributed by atoms with van der Waals surface area (Å²) in [6, 6.07) is 7.60. The van der Waals surface area contributed by atoms with E-state index in [-0.39, 0.29) is 0 Å². The summed E-state index contributed by atoms with van der Waals surface area (Å²) < 4.78 is 27.6. The van der Waals surface area contributed by atoms with Gasteiger partial charge in [-0.3, -0.25) is 19.2 Å². The average Bonchev–Trinajstić information content (AvgIpc) is 3.13. The van der Waals surface area contributed by atoms with Crippen LogP contribution in [-0.2, 0) is 49.3 Å². The first-order valence-electron chi connectivity index (χ1n) is 10.4. The van der Waals surface area contributed by atoms with Gasteiger partial charge in [0.05, 0.1) is 0 Å². The topological polar surface area (TPSA) is 118 Å². The second-order valence-electron chi connectivity index (χ2n) is 7.79. The smallest absolute Gasteiger partial charge is 0.304 e. The number of rotatable bonds is 6. The number of carbonyl (C=O) groups excluding carboxylic acids is 4. The Hall–Kier alpha value is -2.85. The van der Waals surface area contributed by atoms with Crippen LogP contribution in [0.4, 0.5) is 5.69 Å². The largest absolute Gasteiger partial charge is 0.463 e. The van der Waals surface area contributed by atoms with E-state index in [4.69, 9.17) is 35.3 Å². The minimum atomic E-state index is -2.14. The molecule has 2 heterocycles. The highest BCUT2D eigenvalue weighted by Crippen LogP contribution is 2.43. The van der Waals surface area contributed by atoms with Crippen molar-refractivity contribution in [3.63, 3.8) is 0 Å². The van der Waals surface area contributed by atoms with Crippen LogP contribution >= 0.6 is 11.6 Å². The molecular weight excluding hydrogens is 458 g/mol. The maximum absolute atomic E-state index is 12.0. The number of hydrogen-bond donors (Lipinski definition) is 0. The molecule has 180 valence electrons. The van der Waals surface area contributed by atoms with Crippen molar-refractivity contribution in [3.05, 3.63) is 29.8 Å². The zero-order chi connectivity index (χ0) is 24.3. The van der Waals surface area contributed by atoms with Crippen LogP contribution in [0, 0.1) is 0 Å². The van der Waals surface area contributed by atoms with E-state index >= 15 is 0 Å². The lowest BCUT2D eigenvalue weighted by Gasteiger charge is -2.50. The number of benzene rings is 1. The number of halogens is 1. The minimum Gasteiger partial charge on any atom is -0.463 e. The van der Waals surface area contributed by atoms with Crippen LogP contribution in [0.5, 0.6) is 0 Å². The van der Waals surface area contributed by atoms with Crippen molar-refractivity contribution in [2.45, 2.75) is 63.7 Å². The standard InChI is InChI=1S/C22H26ClNO9/c1-12(25)29-11-18-22(23,33-15(4)28)20(31-14(3)27)19(30-13(2)26)21(32-18)24-10-9-16-7-5-6-8-17(16)24/h5-8,18-21H,9-11H2,1-4H3/t18-,19-,20-,21-,22+/m1/s1. The highest BCUT2D eigenvalue weighted by Gasteiger charge is 2.63. The van der Waals surface area contributed by atoms with Crippen LogP contribution in [0.2, 0.25) is 0 Å². The Labute approximate surface area is 196 Å². The van der Waals surface area contributed by atoms with E-state index < -0.39 is 60.1 Å². The van der Waals surface area contributed by atoms with Crippen LogP contribution < -0.4 is 4.90 Å². The zero-order valence-corrected chi connectivity index (χ0v) is 19.5. The first kappa shape index (κ1) is 24.8. The summed E-state index contributed by atoms with van der Waals surface area (Å²) in [4.78, 5) is 49.3. The fourth-order valence-electron chi connectivity index (χ4n) is 4.10. The van der Waals surface area contributed by atoms with E-state index in [0.29, 0.717) is 13.0 Å². The molecule has 3 rings (SSSR count). The van der Waals surface area contributed by atoms with Gasteiger partial charge >= 0.3 is 23.9 Å². The molecule has 5 atom stereocenters.